The second-order valence-electron chi connectivity index (χ2n) is 4.13. The molecule has 1 aromatic carbocycles. The van der Waals surface area contributed by atoms with Gasteiger partial charge < -0.3 is 10.5 Å². The van der Waals surface area contributed by atoms with Crippen molar-refractivity contribution in [3.63, 3.8) is 0 Å². The first-order valence-corrected chi connectivity index (χ1v) is 6.91. The third-order valence-electron chi connectivity index (χ3n) is 2.52. The van der Waals surface area contributed by atoms with Gasteiger partial charge in [-0.2, -0.15) is 0 Å². The van der Waals surface area contributed by atoms with E-state index in [0.717, 1.165) is 16.3 Å². The molecule has 0 spiro atoms. The van der Waals surface area contributed by atoms with Gasteiger partial charge in [0.25, 0.3) is 0 Å². The molecule has 5 heteroatoms. The molecule has 2 rings (SSSR count). The maximum absolute atomic E-state index is 6.15. The zero-order valence-corrected chi connectivity index (χ0v) is 11.9. The molecule has 2 aromatic rings. The molecule has 0 aliphatic heterocycles. The molecule has 0 amide bonds. The summed E-state index contributed by atoms with van der Waals surface area (Å²) in [5.41, 5.74) is 7.71. The van der Waals surface area contributed by atoms with Crippen molar-refractivity contribution in [2.75, 3.05) is 0 Å². The number of halogens is 1. The summed E-state index contributed by atoms with van der Waals surface area (Å²) in [6.07, 6.45) is 0. The number of ether oxygens (including phenoxy) is 1. The molecule has 96 valence electrons. The zero-order chi connectivity index (χ0) is 13.1. The van der Waals surface area contributed by atoms with E-state index in [1.165, 1.54) is 0 Å². The van der Waals surface area contributed by atoms with Gasteiger partial charge in [0.05, 0.1) is 15.7 Å². The quantitative estimate of drug-likeness (QED) is 0.930. The molecule has 0 saturated heterocycles. The highest BCUT2D eigenvalue weighted by atomic mass is 35.5. The molecule has 0 radical (unpaired) electrons. The van der Waals surface area contributed by atoms with Gasteiger partial charge in [0.2, 0.25) is 0 Å². The van der Waals surface area contributed by atoms with E-state index in [1.54, 1.807) is 11.3 Å². The van der Waals surface area contributed by atoms with Crippen molar-refractivity contribution in [3.05, 3.63) is 44.9 Å². The standard InChI is InChI=1S/C13H15ClN2OS/c1-8(15)10-3-4-13(12(14)5-10)17-6-11-7-18-9(2)16-11/h3-5,7-8H,6,15H2,1-2H3/t8-/m0/s1. The molecule has 0 aliphatic rings. The highest BCUT2D eigenvalue weighted by Crippen LogP contribution is 2.28. The number of nitrogens with two attached hydrogens (primary N) is 1. The Kier molecular flexibility index (Phi) is 4.22. The Balaban J connectivity index is 2.05. The Labute approximate surface area is 116 Å². The molecule has 3 nitrogen and oxygen atoms in total. The Morgan fingerprint density at radius 1 is 1.50 bits per heavy atom. The summed E-state index contributed by atoms with van der Waals surface area (Å²) in [7, 11) is 0. The van der Waals surface area contributed by atoms with Gasteiger partial charge in [-0.3, -0.25) is 0 Å². The lowest BCUT2D eigenvalue weighted by molar-refractivity contribution is 0.302. The van der Waals surface area contributed by atoms with E-state index in [9.17, 15) is 0 Å². The minimum absolute atomic E-state index is 0.0299. The summed E-state index contributed by atoms with van der Waals surface area (Å²) < 4.78 is 5.64. The van der Waals surface area contributed by atoms with E-state index in [4.69, 9.17) is 22.1 Å². The van der Waals surface area contributed by atoms with Crippen LogP contribution in [-0.4, -0.2) is 4.98 Å². The van der Waals surface area contributed by atoms with Crippen molar-refractivity contribution < 1.29 is 4.74 Å². The van der Waals surface area contributed by atoms with Crippen LogP contribution in [0.4, 0.5) is 0 Å². The predicted octanol–water partition coefficient (Wildman–Crippen LogP) is 3.70. The van der Waals surface area contributed by atoms with E-state index in [1.807, 2.05) is 37.4 Å². The Morgan fingerprint density at radius 3 is 2.83 bits per heavy atom. The van der Waals surface area contributed by atoms with Gasteiger partial charge in [0.1, 0.15) is 12.4 Å². The van der Waals surface area contributed by atoms with Crippen LogP contribution in [0.1, 0.15) is 29.2 Å². The highest BCUT2D eigenvalue weighted by Gasteiger charge is 2.07. The van der Waals surface area contributed by atoms with Crippen molar-refractivity contribution in [1.82, 2.24) is 4.98 Å². The molecule has 18 heavy (non-hydrogen) atoms. The highest BCUT2D eigenvalue weighted by molar-refractivity contribution is 7.09. The van der Waals surface area contributed by atoms with Gasteiger partial charge in [0, 0.05) is 11.4 Å². The number of benzene rings is 1. The minimum atomic E-state index is -0.0299. The molecule has 0 unspecified atom stereocenters. The molecular formula is C13H15ClN2OS. The summed E-state index contributed by atoms with van der Waals surface area (Å²) in [6.45, 7) is 4.32. The van der Waals surface area contributed by atoms with Crippen LogP contribution in [0.5, 0.6) is 5.75 Å². The third kappa shape index (κ3) is 3.22. The third-order valence-corrected chi connectivity index (χ3v) is 3.64. The van der Waals surface area contributed by atoms with E-state index in [-0.39, 0.29) is 6.04 Å². The zero-order valence-electron chi connectivity index (χ0n) is 10.3. The molecule has 2 N–H and O–H groups in total. The fraction of sp³-hybridized carbons (Fsp3) is 0.308. The monoisotopic (exact) mass is 282 g/mol. The second-order valence-corrected chi connectivity index (χ2v) is 5.59. The lowest BCUT2D eigenvalue weighted by Gasteiger charge is -2.10. The van der Waals surface area contributed by atoms with Gasteiger partial charge in [-0.05, 0) is 31.5 Å². The lowest BCUT2D eigenvalue weighted by Crippen LogP contribution is -2.05. The first kappa shape index (κ1) is 13.3. The van der Waals surface area contributed by atoms with Gasteiger partial charge in [0.15, 0.2) is 0 Å². The van der Waals surface area contributed by atoms with Crippen LogP contribution < -0.4 is 10.5 Å². The first-order chi connectivity index (χ1) is 8.56. The van der Waals surface area contributed by atoms with E-state index < -0.39 is 0 Å². The predicted molar refractivity (Wildman–Crippen MR) is 75.2 cm³/mol. The molecule has 0 fully saturated rings. The van der Waals surface area contributed by atoms with Crippen molar-refractivity contribution >= 4 is 22.9 Å². The van der Waals surface area contributed by atoms with E-state index in [0.29, 0.717) is 17.4 Å². The van der Waals surface area contributed by atoms with Crippen molar-refractivity contribution in [3.8, 4) is 5.75 Å². The first-order valence-electron chi connectivity index (χ1n) is 5.65. The van der Waals surface area contributed by atoms with Crippen LogP contribution in [-0.2, 0) is 6.61 Å². The van der Waals surface area contributed by atoms with Crippen LogP contribution in [0.3, 0.4) is 0 Å². The van der Waals surface area contributed by atoms with Gasteiger partial charge in [-0.15, -0.1) is 11.3 Å². The molecule has 1 heterocycles. The Bertz CT molecular complexity index is 540. The molecule has 1 aromatic heterocycles. The largest absolute Gasteiger partial charge is 0.486 e. The van der Waals surface area contributed by atoms with Crippen LogP contribution in [0.2, 0.25) is 5.02 Å². The summed E-state index contributed by atoms with van der Waals surface area (Å²) in [5.74, 6) is 0.659. The Morgan fingerprint density at radius 2 is 2.28 bits per heavy atom. The minimum Gasteiger partial charge on any atom is -0.486 e. The maximum Gasteiger partial charge on any atom is 0.138 e. The average Bonchev–Trinajstić information content (AvgIpc) is 2.73. The lowest BCUT2D eigenvalue weighted by atomic mass is 10.1. The van der Waals surface area contributed by atoms with Crippen molar-refractivity contribution in [2.45, 2.75) is 26.5 Å². The summed E-state index contributed by atoms with van der Waals surface area (Å²) in [6, 6.07) is 5.59. The number of nitrogens with zero attached hydrogens (tertiary/aromatic N) is 1. The molecule has 0 bridgehead atoms. The SMILES string of the molecule is Cc1nc(COc2ccc([C@H](C)N)cc2Cl)cs1. The summed E-state index contributed by atoms with van der Waals surface area (Å²) >= 11 is 7.76. The molecule has 0 aliphatic carbocycles. The smallest absolute Gasteiger partial charge is 0.138 e. The average molecular weight is 283 g/mol. The number of aryl methyl sites for hydroxylation is 1. The van der Waals surface area contributed by atoms with Crippen LogP contribution in [0, 0.1) is 6.92 Å². The van der Waals surface area contributed by atoms with Gasteiger partial charge in [-0.25, -0.2) is 4.98 Å². The van der Waals surface area contributed by atoms with E-state index >= 15 is 0 Å². The van der Waals surface area contributed by atoms with E-state index in [2.05, 4.69) is 4.98 Å². The molecular weight excluding hydrogens is 268 g/mol. The van der Waals surface area contributed by atoms with Crippen molar-refractivity contribution in [1.29, 1.82) is 0 Å². The fourth-order valence-corrected chi connectivity index (χ4v) is 2.38. The summed E-state index contributed by atoms with van der Waals surface area (Å²) in [5, 5.41) is 3.60. The topological polar surface area (TPSA) is 48.1 Å². The second kappa shape index (κ2) is 5.69. The number of hydrogen-bond acceptors (Lipinski definition) is 4. The summed E-state index contributed by atoms with van der Waals surface area (Å²) in [4.78, 5) is 4.33. The fourth-order valence-electron chi connectivity index (χ4n) is 1.54. The van der Waals surface area contributed by atoms with Crippen LogP contribution in [0.25, 0.3) is 0 Å². The number of aromatic nitrogens is 1. The maximum atomic E-state index is 6.15. The Hall–Kier alpha value is -1.10. The van der Waals surface area contributed by atoms with Gasteiger partial charge >= 0.3 is 0 Å². The number of hydrogen-bond donors (Lipinski definition) is 1. The van der Waals surface area contributed by atoms with Crippen molar-refractivity contribution in [2.24, 2.45) is 5.73 Å². The number of rotatable bonds is 4. The van der Waals surface area contributed by atoms with Crippen LogP contribution >= 0.6 is 22.9 Å². The van der Waals surface area contributed by atoms with Gasteiger partial charge in [-0.1, -0.05) is 17.7 Å². The van der Waals surface area contributed by atoms with Crippen LogP contribution in [0.15, 0.2) is 23.6 Å². The normalized spacial score (nSPS) is 12.4. The molecule has 0 saturated carbocycles. The number of thiazole rings is 1. The molecule has 1 atom stereocenters.